The van der Waals surface area contributed by atoms with Gasteiger partial charge in [0.2, 0.25) is 5.91 Å². The number of ether oxygens (including phenoxy) is 2. The number of rotatable bonds is 5. The highest BCUT2D eigenvalue weighted by Crippen LogP contribution is 2.17. The van der Waals surface area contributed by atoms with E-state index in [1.165, 1.54) is 28.1 Å². The molecule has 0 aromatic carbocycles. The smallest absolute Gasteiger partial charge is 0.325 e. The minimum atomic E-state index is -1.33. The van der Waals surface area contributed by atoms with Crippen LogP contribution < -0.4 is 0 Å². The second-order valence-electron chi connectivity index (χ2n) is 4.05. The van der Waals surface area contributed by atoms with Crippen LogP contribution in [0.4, 0.5) is 0 Å². The summed E-state index contributed by atoms with van der Waals surface area (Å²) in [5.74, 6) is -2.00. The fourth-order valence-corrected chi connectivity index (χ4v) is 1.08. The Labute approximate surface area is 105 Å². The third kappa shape index (κ3) is 4.41. The number of nitrogens with zero attached hydrogens (tertiary/aromatic N) is 2. The van der Waals surface area contributed by atoms with Crippen LogP contribution in [0.1, 0.15) is 13.8 Å². The normalized spacial score (nSPS) is 10.2. The number of carbonyl (C=O) groups is 3. The van der Waals surface area contributed by atoms with E-state index in [0.29, 0.717) is 0 Å². The summed E-state index contributed by atoms with van der Waals surface area (Å²) in [6, 6.07) is 1.81. The van der Waals surface area contributed by atoms with Crippen molar-refractivity contribution in [3.8, 4) is 6.07 Å². The molecule has 100 valence electrons. The van der Waals surface area contributed by atoms with E-state index in [-0.39, 0.29) is 0 Å². The number of nitriles is 1. The maximum Gasteiger partial charge on any atom is 0.325 e. The molecule has 0 unspecified atom stereocenters. The molecule has 0 aromatic rings. The summed E-state index contributed by atoms with van der Waals surface area (Å²) in [5, 5.41) is 8.87. The lowest BCUT2D eigenvalue weighted by Gasteiger charge is -2.25. The first-order chi connectivity index (χ1) is 8.28. The van der Waals surface area contributed by atoms with Crippen LogP contribution in [-0.4, -0.2) is 50.1 Å². The van der Waals surface area contributed by atoms with Crippen LogP contribution in [-0.2, 0) is 23.9 Å². The van der Waals surface area contributed by atoms with Gasteiger partial charge in [-0.1, -0.05) is 0 Å². The maximum absolute atomic E-state index is 12.0. The van der Waals surface area contributed by atoms with E-state index in [0.717, 1.165) is 4.90 Å². The van der Waals surface area contributed by atoms with Gasteiger partial charge < -0.3 is 14.4 Å². The van der Waals surface area contributed by atoms with Crippen molar-refractivity contribution in [2.45, 2.75) is 13.8 Å². The molecule has 0 aliphatic heterocycles. The quantitative estimate of drug-likeness (QED) is 0.627. The van der Waals surface area contributed by atoms with E-state index in [1.807, 2.05) is 6.07 Å². The Kier molecular flexibility index (Phi) is 5.82. The van der Waals surface area contributed by atoms with Crippen LogP contribution in [0, 0.1) is 16.7 Å². The molecule has 0 heterocycles. The van der Waals surface area contributed by atoms with Crippen molar-refractivity contribution in [1.82, 2.24) is 4.90 Å². The Morgan fingerprint density at radius 2 is 1.50 bits per heavy atom. The Bertz CT molecular complexity index is 365. The molecule has 7 nitrogen and oxygen atoms in total. The first kappa shape index (κ1) is 15.9. The van der Waals surface area contributed by atoms with Gasteiger partial charge in [0.05, 0.1) is 20.3 Å². The van der Waals surface area contributed by atoms with E-state index < -0.39 is 36.4 Å². The van der Waals surface area contributed by atoms with Gasteiger partial charge in [-0.3, -0.25) is 14.4 Å². The van der Waals surface area contributed by atoms with Gasteiger partial charge in [-0.2, -0.15) is 5.26 Å². The Balaban J connectivity index is 4.98. The molecule has 0 aliphatic carbocycles. The molecule has 18 heavy (non-hydrogen) atoms. The lowest BCUT2D eigenvalue weighted by molar-refractivity contribution is -0.154. The molecule has 0 bridgehead atoms. The number of methoxy groups -OCH3 is 2. The fourth-order valence-electron chi connectivity index (χ4n) is 1.08. The van der Waals surface area contributed by atoms with Gasteiger partial charge >= 0.3 is 11.9 Å². The van der Waals surface area contributed by atoms with Crippen LogP contribution in [0.2, 0.25) is 0 Å². The summed E-state index contributed by atoms with van der Waals surface area (Å²) >= 11 is 0. The van der Waals surface area contributed by atoms with E-state index in [1.54, 1.807) is 0 Å². The van der Waals surface area contributed by atoms with E-state index in [4.69, 9.17) is 5.26 Å². The van der Waals surface area contributed by atoms with Gasteiger partial charge in [0, 0.05) is 0 Å². The molecule has 0 aliphatic rings. The number of hydrogen-bond acceptors (Lipinski definition) is 6. The minimum absolute atomic E-state index is 0.407. The molecular weight excluding hydrogens is 240 g/mol. The van der Waals surface area contributed by atoms with Crippen molar-refractivity contribution in [2.24, 2.45) is 5.41 Å². The summed E-state index contributed by atoms with van der Waals surface area (Å²) < 4.78 is 8.85. The highest BCUT2D eigenvalue weighted by molar-refractivity contribution is 5.90. The van der Waals surface area contributed by atoms with Gasteiger partial charge in [0.15, 0.2) is 0 Å². The maximum atomic E-state index is 12.0. The molecule has 0 spiro atoms. The first-order valence-electron chi connectivity index (χ1n) is 5.12. The van der Waals surface area contributed by atoms with Crippen molar-refractivity contribution in [3.63, 3.8) is 0 Å². The molecule has 0 fully saturated rings. The van der Waals surface area contributed by atoms with Crippen LogP contribution >= 0.6 is 0 Å². The highest BCUT2D eigenvalue weighted by atomic mass is 16.5. The lowest BCUT2D eigenvalue weighted by Crippen LogP contribution is -2.46. The highest BCUT2D eigenvalue weighted by Gasteiger charge is 2.34. The minimum Gasteiger partial charge on any atom is -0.468 e. The van der Waals surface area contributed by atoms with Gasteiger partial charge in [-0.15, -0.1) is 0 Å². The third-order valence-corrected chi connectivity index (χ3v) is 2.20. The molecule has 0 N–H and O–H groups in total. The van der Waals surface area contributed by atoms with Crippen LogP contribution in [0.25, 0.3) is 0 Å². The summed E-state index contributed by atoms with van der Waals surface area (Å²) in [4.78, 5) is 35.2. The van der Waals surface area contributed by atoms with E-state index in [2.05, 4.69) is 9.47 Å². The monoisotopic (exact) mass is 256 g/mol. The number of hydrogen-bond donors (Lipinski definition) is 0. The second kappa shape index (κ2) is 6.59. The predicted molar refractivity (Wildman–Crippen MR) is 60.0 cm³/mol. The van der Waals surface area contributed by atoms with Crippen molar-refractivity contribution in [1.29, 1.82) is 5.26 Å². The molecular formula is C11H16N2O5. The fraction of sp³-hybridized carbons (Fsp3) is 0.636. The van der Waals surface area contributed by atoms with Crippen LogP contribution in [0.15, 0.2) is 0 Å². The Hall–Kier alpha value is -2.10. The zero-order chi connectivity index (χ0) is 14.3. The Morgan fingerprint density at radius 1 is 1.11 bits per heavy atom. The SMILES string of the molecule is COC(=O)CN(CC(=O)OC)C(=O)C(C)(C)C#N. The molecule has 7 heteroatoms. The van der Waals surface area contributed by atoms with Gasteiger partial charge in [-0.25, -0.2) is 0 Å². The van der Waals surface area contributed by atoms with Crippen molar-refractivity contribution in [2.75, 3.05) is 27.3 Å². The zero-order valence-corrected chi connectivity index (χ0v) is 10.8. The standard InChI is InChI=1S/C11H16N2O5/c1-11(2,7-12)10(16)13(5-8(14)17-3)6-9(15)18-4/h5-6H2,1-4H3. The zero-order valence-electron chi connectivity index (χ0n) is 10.8. The van der Waals surface area contributed by atoms with E-state index in [9.17, 15) is 14.4 Å². The summed E-state index contributed by atoms with van der Waals surface area (Å²) in [6.07, 6.45) is 0. The molecule has 0 aromatic heterocycles. The molecule has 0 saturated heterocycles. The molecule has 0 radical (unpaired) electrons. The van der Waals surface area contributed by atoms with Crippen LogP contribution in [0.3, 0.4) is 0 Å². The summed E-state index contributed by atoms with van der Waals surface area (Å²) in [5.41, 5.74) is -1.33. The van der Waals surface area contributed by atoms with Gasteiger partial charge in [0.25, 0.3) is 0 Å². The average Bonchev–Trinajstić information content (AvgIpc) is 2.36. The lowest BCUT2D eigenvalue weighted by atomic mass is 9.94. The summed E-state index contributed by atoms with van der Waals surface area (Å²) in [6.45, 7) is 1.98. The molecule has 0 rings (SSSR count). The van der Waals surface area contributed by atoms with E-state index >= 15 is 0 Å². The van der Waals surface area contributed by atoms with Gasteiger partial charge in [-0.05, 0) is 13.8 Å². The predicted octanol–water partition coefficient (Wildman–Crippen LogP) is -0.289. The van der Waals surface area contributed by atoms with Crippen molar-refractivity contribution < 1.29 is 23.9 Å². The first-order valence-corrected chi connectivity index (χ1v) is 5.12. The topological polar surface area (TPSA) is 96.7 Å². The molecule has 0 saturated carbocycles. The second-order valence-corrected chi connectivity index (χ2v) is 4.05. The Morgan fingerprint density at radius 3 is 1.78 bits per heavy atom. The number of amides is 1. The number of carbonyl (C=O) groups excluding carboxylic acids is 3. The van der Waals surface area contributed by atoms with Gasteiger partial charge in [0.1, 0.15) is 18.5 Å². The van der Waals surface area contributed by atoms with Crippen molar-refractivity contribution >= 4 is 17.8 Å². The van der Waals surface area contributed by atoms with Crippen molar-refractivity contribution in [3.05, 3.63) is 0 Å². The third-order valence-electron chi connectivity index (χ3n) is 2.20. The average molecular weight is 256 g/mol. The molecule has 0 atom stereocenters. The summed E-state index contributed by atoms with van der Waals surface area (Å²) in [7, 11) is 2.33. The largest absolute Gasteiger partial charge is 0.468 e. The van der Waals surface area contributed by atoms with Crippen LogP contribution in [0.5, 0.6) is 0 Å². The molecule has 1 amide bonds. The number of esters is 2.